The van der Waals surface area contributed by atoms with Crippen LogP contribution in [-0.4, -0.2) is 36.5 Å². The molecule has 0 unspecified atom stereocenters. The van der Waals surface area contributed by atoms with E-state index in [1.807, 2.05) is 13.8 Å². The zero-order valence-corrected chi connectivity index (χ0v) is 17.1. The molecule has 1 aromatic heterocycles. The van der Waals surface area contributed by atoms with Gasteiger partial charge in [-0.1, -0.05) is 0 Å². The van der Waals surface area contributed by atoms with E-state index >= 15 is 0 Å². The number of benzene rings is 2. The van der Waals surface area contributed by atoms with E-state index in [0.717, 1.165) is 10.9 Å². The van der Waals surface area contributed by atoms with E-state index in [9.17, 15) is 14.4 Å². The summed E-state index contributed by atoms with van der Waals surface area (Å²) in [4.78, 5) is 37.6. The molecule has 1 heterocycles. The Morgan fingerprint density at radius 3 is 2.30 bits per heavy atom. The molecule has 7 nitrogen and oxygen atoms in total. The van der Waals surface area contributed by atoms with Gasteiger partial charge >= 0.3 is 11.6 Å². The molecule has 0 spiro atoms. The lowest BCUT2D eigenvalue weighted by molar-refractivity contribution is -0.136. The molecule has 3 rings (SSSR count). The van der Waals surface area contributed by atoms with Gasteiger partial charge in [0.2, 0.25) is 0 Å². The van der Waals surface area contributed by atoms with Crippen molar-refractivity contribution >= 4 is 22.8 Å². The Balaban J connectivity index is 1.60. The molecule has 0 aliphatic rings. The van der Waals surface area contributed by atoms with Crippen molar-refractivity contribution in [1.82, 2.24) is 4.90 Å². The third-order valence-electron chi connectivity index (χ3n) is 4.66. The van der Waals surface area contributed by atoms with Crippen molar-refractivity contribution < 1.29 is 23.5 Å². The van der Waals surface area contributed by atoms with E-state index in [2.05, 4.69) is 0 Å². The van der Waals surface area contributed by atoms with Crippen LogP contribution < -0.4 is 15.1 Å². The van der Waals surface area contributed by atoms with Crippen LogP contribution in [0.1, 0.15) is 29.8 Å². The van der Waals surface area contributed by atoms with Crippen molar-refractivity contribution in [3.63, 3.8) is 0 Å². The van der Waals surface area contributed by atoms with Crippen LogP contribution in [0.5, 0.6) is 11.5 Å². The molecule has 0 bridgehead atoms. The first-order chi connectivity index (χ1) is 14.4. The van der Waals surface area contributed by atoms with Gasteiger partial charge in [-0.3, -0.25) is 4.79 Å². The Morgan fingerprint density at radius 2 is 1.63 bits per heavy atom. The summed E-state index contributed by atoms with van der Waals surface area (Å²) in [5.41, 5.74) is 1.22. The van der Waals surface area contributed by atoms with Crippen LogP contribution in [0.15, 0.2) is 57.7 Å². The molecular formula is C23H23NO6. The maximum Gasteiger partial charge on any atom is 0.349 e. The molecule has 0 saturated carbocycles. The number of rotatable bonds is 7. The fraction of sp³-hybridized carbons (Fsp3) is 0.261. The molecule has 30 heavy (non-hydrogen) atoms. The minimum atomic E-state index is -0.604. The lowest BCUT2D eigenvalue weighted by Crippen LogP contribution is -2.30. The molecular weight excluding hydrogens is 386 g/mol. The smallest absolute Gasteiger partial charge is 0.349 e. The number of hydrogen-bond acceptors (Lipinski definition) is 6. The minimum absolute atomic E-state index is 0.0517. The summed E-state index contributed by atoms with van der Waals surface area (Å²) in [6.07, 6.45) is 0. The highest BCUT2D eigenvalue weighted by molar-refractivity contribution is 5.94. The molecule has 0 fully saturated rings. The van der Waals surface area contributed by atoms with Crippen LogP contribution in [0.2, 0.25) is 0 Å². The number of esters is 1. The second-order valence-corrected chi connectivity index (χ2v) is 6.67. The number of amides is 1. The molecule has 0 N–H and O–H groups in total. The van der Waals surface area contributed by atoms with Gasteiger partial charge in [-0.15, -0.1) is 0 Å². The van der Waals surface area contributed by atoms with Crippen molar-refractivity contribution in [3.05, 3.63) is 70.1 Å². The van der Waals surface area contributed by atoms with Crippen LogP contribution in [0.4, 0.5) is 0 Å². The zero-order valence-electron chi connectivity index (χ0n) is 17.1. The van der Waals surface area contributed by atoms with E-state index in [4.69, 9.17) is 13.9 Å². The van der Waals surface area contributed by atoms with Gasteiger partial charge < -0.3 is 18.8 Å². The summed E-state index contributed by atoms with van der Waals surface area (Å²) in [6, 6.07) is 12.8. The first-order valence-corrected chi connectivity index (χ1v) is 9.68. The summed E-state index contributed by atoms with van der Waals surface area (Å²) in [5, 5.41) is 0.769. The summed E-state index contributed by atoms with van der Waals surface area (Å²) in [6.45, 7) is 6.62. The summed E-state index contributed by atoms with van der Waals surface area (Å²) in [7, 11) is 0. The van der Waals surface area contributed by atoms with E-state index in [1.165, 1.54) is 12.1 Å². The highest BCUT2D eigenvalue weighted by atomic mass is 16.6. The normalized spacial score (nSPS) is 10.6. The fourth-order valence-corrected chi connectivity index (χ4v) is 3.06. The van der Waals surface area contributed by atoms with Gasteiger partial charge in [-0.05, 0) is 62.7 Å². The number of hydrogen-bond donors (Lipinski definition) is 0. The van der Waals surface area contributed by atoms with Gasteiger partial charge in [0, 0.05) is 36.2 Å². The predicted molar refractivity (Wildman–Crippen MR) is 112 cm³/mol. The third kappa shape index (κ3) is 4.86. The highest BCUT2D eigenvalue weighted by Crippen LogP contribution is 2.22. The Bertz CT molecular complexity index is 1110. The monoisotopic (exact) mass is 409 g/mol. The van der Waals surface area contributed by atoms with Crippen LogP contribution in [0, 0.1) is 6.92 Å². The number of nitrogens with zero attached hydrogens (tertiary/aromatic N) is 1. The molecule has 0 atom stereocenters. The molecule has 0 aliphatic carbocycles. The SMILES string of the molecule is CCN(CC)C(=O)c1ccc(OCC(=O)Oc2ccc3c(C)cc(=O)oc3c2)cc1. The van der Waals surface area contributed by atoms with E-state index < -0.39 is 11.6 Å². The molecule has 7 heteroatoms. The summed E-state index contributed by atoms with van der Waals surface area (Å²) < 4.78 is 15.8. The van der Waals surface area contributed by atoms with Crippen LogP contribution in [0.3, 0.4) is 0 Å². The van der Waals surface area contributed by atoms with Crippen LogP contribution in [-0.2, 0) is 4.79 Å². The van der Waals surface area contributed by atoms with E-state index in [0.29, 0.717) is 30.0 Å². The van der Waals surface area contributed by atoms with Gasteiger partial charge in [-0.2, -0.15) is 0 Å². The van der Waals surface area contributed by atoms with Gasteiger partial charge in [0.1, 0.15) is 17.1 Å². The lowest BCUT2D eigenvalue weighted by Gasteiger charge is -2.18. The van der Waals surface area contributed by atoms with Crippen molar-refractivity contribution in [2.75, 3.05) is 19.7 Å². The van der Waals surface area contributed by atoms with Crippen molar-refractivity contribution in [3.8, 4) is 11.5 Å². The lowest BCUT2D eigenvalue weighted by atomic mass is 10.1. The Labute approximate surface area is 173 Å². The molecule has 0 aliphatic heterocycles. The zero-order chi connectivity index (χ0) is 21.7. The third-order valence-corrected chi connectivity index (χ3v) is 4.66. The molecule has 0 radical (unpaired) electrons. The maximum atomic E-state index is 12.3. The van der Waals surface area contributed by atoms with Crippen molar-refractivity contribution in [1.29, 1.82) is 0 Å². The van der Waals surface area contributed by atoms with E-state index in [1.54, 1.807) is 48.2 Å². The van der Waals surface area contributed by atoms with Crippen molar-refractivity contribution in [2.45, 2.75) is 20.8 Å². The van der Waals surface area contributed by atoms with E-state index in [-0.39, 0.29) is 18.3 Å². The molecule has 156 valence electrons. The molecule has 1 amide bonds. The number of aryl methyl sites for hydroxylation is 1. The maximum absolute atomic E-state index is 12.3. The number of carbonyl (C=O) groups is 2. The quantitative estimate of drug-likeness (QED) is 0.337. The Kier molecular flexibility index (Phi) is 6.51. The van der Waals surface area contributed by atoms with Gasteiger partial charge in [0.15, 0.2) is 6.61 Å². The average Bonchev–Trinajstić information content (AvgIpc) is 2.73. The Morgan fingerprint density at radius 1 is 0.967 bits per heavy atom. The standard InChI is InChI=1S/C23H23NO6/c1-4-24(5-2)23(27)16-6-8-17(9-7-16)28-14-22(26)29-18-10-11-19-15(3)12-21(25)30-20(19)13-18/h6-13H,4-5,14H2,1-3H3. The molecule has 2 aromatic carbocycles. The van der Waals surface area contributed by atoms with Gasteiger partial charge in [0.05, 0.1) is 0 Å². The minimum Gasteiger partial charge on any atom is -0.482 e. The average molecular weight is 409 g/mol. The number of carbonyl (C=O) groups excluding carboxylic acids is 2. The van der Waals surface area contributed by atoms with Crippen molar-refractivity contribution in [2.24, 2.45) is 0 Å². The second-order valence-electron chi connectivity index (χ2n) is 6.67. The Hall–Kier alpha value is -3.61. The highest BCUT2D eigenvalue weighted by Gasteiger charge is 2.13. The first kappa shape index (κ1) is 21.1. The van der Waals surface area contributed by atoms with Gasteiger partial charge in [-0.25, -0.2) is 9.59 Å². The topological polar surface area (TPSA) is 86.0 Å². The fourth-order valence-electron chi connectivity index (χ4n) is 3.06. The van der Waals surface area contributed by atoms with Crippen LogP contribution in [0.25, 0.3) is 11.0 Å². The number of ether oxygens (including phenoxy) is 2. The van der Waals surface area contributed by atoms with Crippen LogP contribution >= 0.6 is 0 Å². The predicted octanol–water partition coefficient (Wildman–Crippen LogP) is 3.57. The molecule has 0 saturated heterocycles. The largest absolute Gasteiger partial charge is 0.482 e. The van der Waals surface area contributed by atoms with Gasteiger partial charge in [0.25, 0.3) is 5.91 Å². The molecule has 3 aromatic rings. The second kappa shape index (κ2) is 9.26. The first-order valence-electron chi connectivity index (χ1n) is 9.68. The summed E-state index contributed by atoms with van der Waals surface area (Å²) in [5.74, 6) is 0.0463. The number of fused-ring (bicyclic) bond motifs is 1. The summed E-state index contributed by atoms with van der Waals surface area (Å²) >= 11 is 0.